The number of alkyl halides is 3. The molecular weight excluding hydrogens is 325 g/mol. The second-order valence-electron chi connectivity index (χ2n) is 3.73. The standard InChI is InChI=1S/C10H8ClF3O5S/c1-5(9(15)16)6-2-3-8(7(11)4-6)19-20(17,18)10(12,13)14/h2-5H,1H3,(H,15,16). The van der Waals surface area contributed by atoms with E-state index in [0.717, 1.165) is 18.2 Å². The summed E-state index contributed by atoms with van der Waals surface area (Å²) in [6, 6.07) is 3.01. The Morgan fingerprint density at radius 1 is 1.40 bits per heavy atom. The lowest BCUT2D eigenvalue weighted by Crippen LogP contribution is -2.28. The van der Waals surface area contributed by atoms with Gasteiger partial charge in [-0.2, -0.15) is 21.6 Å². The molecule has 0 radical (unpaired) electrons. The lowest BCUT2D eigenvalue weighted by Gasteiger charge is -2.12. The highest BCUT2D eigenvalue weighted by atomic mass is 35.5. The normalized spacial score (nSPS) is 13.8. The molecule has 1 aromatic carbocycles. The van der Waals surface area contributed by atoms with E-state index in [0.29, 0.717) is 0 Å². The molecule has 5 nitrogen and oxygen atoms in total. The molecule has 1 aromatic rings. The summed E-state index contributed by atoms with van der Waals surface area (Å²) in [5.41, 5.74) is -5.39. The summed E-state index contributed by atoms with van der Waals surface area (Å²) < 4.78 is 61.9. The topological polar surface area (TPSA) is 80.7 Å². The van der Waals surface area contributed by atoms with Gasteiger partial charge in [0.15, 0.2) is 5.75 Å². The molecule has 0 spiro atoms. The third-order valence-electron chi connectivity index (χ3n) is 2.31. The Bertz CT molecular complexity index is 626. The van der Waals surface area contributed by atoms with Crippen LogP contribution < -0.4 is 4.18 Å². The predicted molar refractivity (Wildman–Crippen MR) is 63.1 cm³/mol. The molecule has 0 heterocycles. The highest BCUT2D eigenvalue weighted by Gasteiger charge is 2.48. The molecule has 0 fully saturated rings. The van der Waals surface area contributed by atoms with Crippen LogP contribution in [0.1, 0.15) is 18.4 Å². The first-order valence-corrected chi connectivity index (χ1v) is 6.77. The van der Waals surface area contributed by atoms with E-state index in [-0.39, 0.29) is 5.56 Å². The Hall–Kier alpha value is -1.48. The summed E-state index contributed by atoms with van der Waals surface area (Å²) in [6.45, 7) is 1.33. The van der Waals surface area contributed by atoms with E-state index >= 15 is 0 Å². The van der Waals surface area contributed by atoms with Crippen LogP contribution >= 0.6 is 11.6 Å². The number of hydrogen-bond acceptors (Lipinski definition) is 4. The molecule has 0 aliphatic carbocycles. The zero-order valence-corrected chi connectivity index (χ0v) is 11.4. The van der Waals surface area contributed by atoms with E-state index in [9.17, 15) is 26.4 Å². The maximum absolute atomic E-state index is 12.1. The van der Waals surface area contributed by atoms with E-state index in [2.05, 4.69) is 4.18 Å². The predicted octanol–water partition coefficient (Wildman–Crippen LogP) is 2.76. The van der Waals surface area contributed by atoms with Crippen LogP contribution in [0, 0.1) is 0 Å². The molecule has 0 amide bonds. The second kappa shape index (κ2) is 5.49. The van der Waals surface area contributed by atoms with Gasteiger partial charge in [0.2, 0.25) is 0 Å². The maximum atomic E-state index is 12.1. The molecular formula is C10H8ClF3O5S. The van der Waals surface area contributed by atoms with E-state index in [1.165, 1.54) is 6.92 Å². The number of hydrogen-bond donors (Lipinski definition) is 1. The van der Waals surface area contributed by atoms with E-state index < -0.39 is 38.3 Å². The number of aliphatic carboxylic acids is 1. The van der Waals surface area contributed by atoms with Gasteiger partial charge in [0, 0.05) is 0 Å². The zero-order chi connectivity index (χ0) is 15.7. The molecule has 0 aromatic heterocycles. The van der Waals surface area contributed by atoms with Gasteiger partial charge < -0.3 is 9.29 Å². The highest BCUT2D eigenvalue weighted by Crippen LogP contribution is 2.33. The van der Waals surface area contributed by atoms with Crippen LogP contribution in [-0.4, -0.2) is 25.0 Å². The molecule has 10 heteroatoms. The van der Waals surface area contributed by atoms with Crippen LogP contribution in [0.2, 0.25) is 5.02 Å². The summed E-state index contributed by atoms with van der Waals surface area (Å²) in [4.78, 5) is 10.7. The van der Waals surface area contributed by atoms with Crippen molar-refractivity contribution < 1.29 is 35.7 Å². The fourth-order valence-electron chi connectivity index (χ4n) is 1.16. The Morgan fingerprint density at radius 2 is 1.95 bits per heavy atom. The summed E-state index contributed by atoms with van der Waals surface area (Å²) >= 11 is 5.58. The van der Waals surface area contributed by atoms with Crippen LogP contribution in [0.4, 0.5) is 13.2 Å². The minimum absolute atomic E-state index is 0.194. The first kappa shape index (κ1) is 16.6. The minimum Gasteiger partial charge on any atom is -0.481 e. The van der Waals surface area contributed by atoms with Crippen molar-refractivity contribution in [3.8, 4) is 5.75 Å². The Kier molecular flexibility index (Phi) is 4.55. The number of rotatable bonds is 4. The summed E-state index contributed by atoms with van der Waals surface area (Å²) in [5, 5.41) is 8.33. The van der Waals surface area contributed by atoms with Crippen molar-refractivity contribution in [3.05, 3.63) is 28.8 Å². The quantitative estimate of drug-likeness (QED) is 0.677. The van der Waals surface area contributed by atoms with Gasteiger partial charge in [-0.3, -0.25) is 4.79 Å². The fourth-order valence-corrected chi connectivity index (χ4v) is 1.91. The largest absolute Gasteiger partial charge is 0.534 e. The fraction of sp³-hybridized carbons (Fsp3) is 0.300. The van der Waals surface area contributed by atoms with E-state index in [1.807, 2.05) is 0 Å². The van der Waals surface area contributed by atoms with Crippen molar-refractivity contribution >= 4 is 27.7 Å². The lowest BCUT2D eigenvalue weighted by atomic mass is 10.0. The van der Waals surface area contributed by atoms with Crippen LogP contribution in [0.25, 0.3) is 0 Å². The van der Waals surface area contributed by atoms with Gasteiger partial charge >= 0.3 is 21.6 Å². The van der Waals surface area contributed by atoms with Gasteiger partial charge in [-0.05, 0) is 24.6 Å². The Balaban J connectivity index is 3.10. The van der Waals surface area contributed by atoms with Gasteiger partial charge in [-0.15, -0.1) is 0 Å². The molecule has 0 aliphatic heterocycles. The van der Waals surface area contributed by atoms with Gasteiger partial charge in [0.25, 0.3) is 0 Å². The zero-order valence-electron chi connectivity index (χ0n) is 9.81. The van der Waals surface area contributed by atoms with Crippen LogP contribution in [0.15, 0.2) is 18.2 Å². The minimum atomic E-state index is -5.82. The molecule has 0 bridgehead atoms. The van der Waals surface area contributed by atoms with Crippen molar-refractivity contribution in [2.75, 3.05) is 0 Å². The first-order chi connectivity index (χ1) is 8.95. The molecule has 0 saturated carbocycles. The summed E-state index contributed by atoms with van der Waals surface area (Å²) in [7, 11) is -5.82. The number of benzene rings is 1. The molecule has 20 heavy (non-hydrogen) atoms. The summed E-state index contributed by atoms with van der Waals surface area (Å²) in [6.07, 6.45) is 0. The SMILES string of the molecule is CC(C(=O)O)c1ccc(OS(=O)(=O)C(F)(F)F)c(Cl)c1. The third kappa shape index (κ3) is 3.54. The molecule has 1 unspecified atom stereocenters. The average Bonchev–Trinajstić information content (AvgIpc) is 2.29. The number of carbonyl (C=O) groups is 1. The molecule has 1 atom stereocenters. The maximum Gasteiger partial charge on any atom is 0.534 e. The Labute approximate surface area is 117 Å². The van der Waals surface area contributed by atoms with Gasteiger partial charge in [0.05, 0.1) is 10.9 Å². The first-order valence-electron chi connectivity index (χ1n) is 4.98. The van der Waals surface area contributed by atoms with Crippen molar-refractivity contribution in [1.82, 2.24) is 0 Å². The Morgan fingerprint density at radius 3 is 2.35 bits per heavy atom. The molecule has 0 saturated heterocycles. The number of halogens is 4. The van der Waals surface area contributed by atoms with Crippen LogP contribution in [-0.2, 0) is 14.9 Å². The van der Waals surface area contributed by atoms with Gasteiger partial charge in [-0.25, -0.2) is 0 Å². The van der Waals surface area contributed by atoms with Crippen molar-refractivity contribution in [3.63, 3.8) is 0 Å². The van der Waals surface area contributed by atoms with Gasteiger partial charge in [-0.1, -0.05) is 17.7 Å². The summed E-state index contributed by atoms with van der Waals surface area (Å²) in [5.74, 6) is -2.86. The third-order valence-corrected chi connectivity index (χ3v) is 3.57. The second-order valence-corrected chi connectivity index (χ2v) is 5.68. The smallest absolute Gasteiger partial charge is 0.481 e. The molecule has 112 valence electrons. The van der Waals surface area contributed by atoms with Crippen LogP contribution in [0.5, 0.6) is 5.75 Å². The highest BCUT2D eigenvalue weighted by molar-refractivity contribution is 7.88. The van der Waals surface area contributed by atoms with Crippen molar-refractivity contribution in [2.24, 2.45) is 0 Å². The number of carboxylic acid groups (broad SMARTS) is 1. The lowest BCUT2D eigenvalue weighted by molar-refractivity contribution is -0.138. The van der Waals surface area contributed by atoms with Gasteiger partial charge in [0.1, 0.15) is 0 Å². The molecule has 0 aliphatic rings. The van der Waals surface area contributed by atoms with E-state index in [4.69, 9.17) is 16.7 Å². The molecule has 1 N–H and O–H groups in total. The monoisotopic (exact) mass is 332 g/mol. The van der Waals surface area contributed by atoms with E-state index in [1.54, 1.807) is 0 Å². The van der Waals surface area contributed by atoms with Crippen molar-refractivity contribution in [1.29, 1.82) is 0 Å². The van der Waals surface area contributed by atoms with Crippen molar-refractivity contribution in [2.45, 2.75) is 18.3 Å². The van der Waals surface area contributed by atoms with Crippen LogP contribution in [0.3, 0.4) is 0 Å². The molecule has 1 rings (SSSR count). The number of carboxylic acids is 1. The average molecular weight is 333 g/mol.